The van der Waals surface area contributed by atoms with Crippen molar-refractivity contribution in [2.45, 2.75) is 109 Å². The third-order valence-corrected chi connectivity index (χ3v) is 12.0. The highest BCUT2D eigenvalue weighted by atomic mass is 19.1. The van der Waals surface area contributed by atoms with Crippen LogP contribution in [0.15, 0.2) is 36.0 Å². The summed E-state index contributed by atoms with van der Waals surface area (Å²) in [4.78, 5) is 74.0. The Hall–Kier alpha value is -3.91. The molecular formula is C36H46FNO12. The van der Waals surface area contributed by atoms with Gasteiger partial charge in [0, 0.05) is 16.7 Å². The molecule has 0 aromatic heterocycles. The van der Waals surface area contributed by atoms with E-state index in [0.717, 1.165) is 0 Å². The van der Waals surface area contributed by atoms with Crippen LogP contribution in [0, 0.1) is 28.6 Å². The second-order valence-corrected chi connectivity index (χ2v) is 14.6. The number of amides is 1. The van der Waals surface area contributed by atoms with Crippen molar-refractivity contribution in [3.8, 4) is 0 Å². The zero-order chi connectivity index (χ0) is 36.6. The number of rotatable bonds is 11. The topological polar surface area (TPSA) is 192 Å². The van der Waals surface area contributed by atoms with Crippen LogP contribution in [-0.2, 0) is 42.9 Å². The number of carbonyl (C=O) groups excluding carboxylic acids is 6. The summed E-state index contributed by atoms with van der Waals surface area (Å²) in [6.45, 7) is 5.28. The Bertz CT molecular complexity index is 1520. The number of fused-ring (bicyclic) bond motifs is 5. The Kier molecular flexibility index (Phi) is 10.5. The highest BCUT2D eigenvalue weighted by Crippen LogP contribution is 2.70. The first-order valence-electron chi connectivity index (χ1n) is 17.1. The number of aliphatic hydroxyl groups is 2. The van der Waals surface area contributed by atoms with Gasteiger partial charge in [-0.05, 0) is 69.9 Å². The van der Waals surface area contributed by atoms with Crippen LogP contribution in [0.5, 0.6) is 0 Å². The molecule has 274 valence electrons. The largest absolute Gasteiger partial charge is 0.511 e. The zero-order valence-electron chi connectivity index (χ0n) is 28.8. The Morgan fingerprint density at radius 1 is 1.08 bits per heavy atom. The van der Waals surface area contributed by atoms with Gasteiger partial charge in [-0.2, -0.15) is 0 Å². The number of hydrogen-bond donors (Lipinski definition) is 3. The molecule has 0 spiro atoms. The number of alkyl halides is 1. The van der Waals surface area contributed by atoms with Crippen molar-refractivity contribution >= 4 is 35.6 Å². The average Bonchev–Trinajstić information content (AvgIpc) is 3.51. The summed E-state index contributed by atoms with van der Waals surface area (Å²) < 4.78 is 37.2. The van der Waals surface area contributed by atoms with Gasteiger partial charge in [-0.3, -0.25) is 24.0 Å². The maximum absolute atomic E-state index is 17.3. The number of halogens is 1. The first-order chi connectivity index (χ1) is 23.5. The van der Waals surface area contributed by atoms with E-state index in [1.807, 2.05) is 13.0 Å². The van der Waals surface area contributed by atoms with Gasteiger partial charge in [-0.15, -0.1) is 0 Å². The first kappa shape index (κ1) is 37.3. The van der Waals surface area contributed by atoms with Crippen molar-refractivity contribution in [3.05, 3.63) is 36.0 Å². The summed E-state index contributed by atoms with van der Waals surface area (Å²) in [5, 5.41) is 26.2. The van der Waals surface area contributed by atoms with E-state index < -0.39 is 108 Å². The molecule has 1 saturated heterocycles. The van der Waals surface area contributed by atoms with E-state index in [9.17, 15) is 39.0 Å². The highest BCUT2D eigenvalue weighted by Gasteiger charge is 2.75. The molecule has 4 aliphatic carbocycles. The van der Waals surface area contributed by atoms with Gasteiger partial charge >= 0.3 is 18.1 Å². The lowest BCUT2D eigenvalue weighted by Gasteiger charge is -2.62. The number of carbonyl (C=O) groups is 6. The highest BCUT2D eigenvalue weighted by molar-refractivity contribution is 6.01. The Labute approximate surface area is 289 Å². The van der Waals surface area contributed by atoms with Crippen molar-refractivity contribution in [1.29, 1.82) is 0 Å². The number of Topliss-reactive ketones (excluding diaryl/α,β-unsaturated/α-hetero) is 1. The molecule has 0 bridgehead atoms. The van der Waals surface area contributed by atoms with Crippen LogP contribution in [0.2, 0.25) is 0 Å². The van der Waals surface area contributed by atoms with E-state index in [2.05, 4.69) is 5.32 Å². The fourth-order valence-corrected chi connectivity index (χ4v) is 9.35. The molecule has 1 aliphatic heterocycles. The minimum absolute atomic E-state index is 0.0292. The molecule has 14 heteroatoms. The van der Waals surface area contributed by atoms with E-state index >= 15 is 4.39 Å². The summed E-state index contributed by atoms with van der Waals surface area (Å²) in [6.07, 6.45) is 4.84. The second kappa shape index (κ2) is 14.0. The van der Waals surface area contributed by atoms with Gasteiger partial charge < -0.3 is 34.5 Å². The molecule has 3 saturated carbocycles. The van der Waals surface area contributed by atoms with Crippen molar-refractivity contribution in [1.82, 2.24) is 5.32 Å². The van der Waals surface area contributed by atoms with Gasteiger partial charge in [-0.1, -0.05) is 37.6 Å². The molecule has 1 heterocycles. The molecule has 13 nitrogen and oxygen atoms in total. The van der Waals surface area contributed by atoms with E-state index in [1.165, 1.54) is 18.2 Å². The van der Waals surface area contributed by atoms with Crippen molar-refractivity contribution < 1.29 is 62.3 Å². The monoisotopic (exact) mass is 703 g/mol. The van der Waals surface area contributed by atoms with Crippen LogP contribution in [0.4, 0.5) is 9.18 Å². The minimum Gasteiger partial charge on any atom is -0.458 e. The maximum Gasteiger partial charge on any atom is 0.511 e. The minimum atomic E-state index is -2.12. The predicted octanol–water partition coefficient (Wildman–Crippen LogP) is 3.10. The van der Waals surface area contributed by atoms with Gasteiger partial charge in [-0.25, -0.2) is 9.18 Å². The number of hydrogen-bond acceptors (Lipinski definition) is 12. The van der Waals surface area contributed by atoms with Gasteiger partial charge in [0.15, 0.2) is 18.1 Å². The van der Waals surface area contributed by atoms with E-state index in [1.54, 1.807) is 26.8 Å². The smallest absolute Gasteiger partial charge is 0.458 e. The lowest BCUT2D eigenvalue weighted by atomic mass is 9.44. The molecule has 2 unspecified atom stereocenters. The van der Waals surface area contributed by atoms with Crippen LogP contribution in [0.3, 0.4) is 0 Å². The van der Waals surface area contributed by atoms with Crippen LogP contribution < -0.4 is 5.32 Å². The fourth-order valence-electron chi connectivity index (χ4n) is 9.35. The Balaban J connectivity index is 1.10. The Morgan fingerprint density at radius 2 is 1.78 bits per heavy atom. The van der Waals surface area contributed by atoms with E-state index in [-0.39, 0.29) is 24.5 Å². The molecule has 50 heavy (non-hydrogen) atoms. The zero-order valence-corrected chi connectivity index (χ0v) is 28.8. The lowest BCUT2D eigenvalue weighted by molar-refractivity contribution is -0.220. The molecule has 3 N–H and O–H groups in total. The van der Waals surface area contributed by atoms with Gasteiger partial charge in [0.1, 0.15) is 11.7 Å². The summed E-state index contributed by atoms with van der Waals surface area (Å²) >= 11 is 0. The fraction of sp³-hybridized carbons (Fsp3) is 0.667. The summed E-state index contributed by atoms with van der Waals surface area (Å²) in [7, 11) is 0. The quantitative estimate of drug-likeness (QED) is 0.124. The summed E-state index contributed by atoms with van der Waals surface area (Å²) in [5.74, 6) is -4.92. The van der Waals surface area contributed by atoms with Crippen molar-refractivity contribution in [2.24, 2.45) is 28.6 Å². The van der Waals surface area contributed by atoms with Gasteiger partial charge in [0.25, 0.3) is 0 Å². The first-order valence-corrected chi connectivity index (χ1v) is 17.1. The SMILES string of the molecule is C/C=C/C[C@H]1NC(=O)C[C@@H]1OC(=O)OCOC(=O)CCC(=O)OCC(=O)[C@@]1(O)[C@H](C)CC2C3CCC4=CC(=O)C=C[C@]4(C)[C@@]3(F)[C@@H](O)C[C@@]21C. The van der Waals surface area contributed by atoms with Crippen LogP contribution >= 0.6 is 0 Å². The number of ether oxygens (including phenoxy) is 4. The molecule has 0 aromatic rings. The van der Waals surface area contributed by atoms with Crippen LogP contribution in [0.25, 0.3) is 0 Å². The standard InChI is InChI=1S/C36H46FNO12/c1-5-6-7-25-26(16-29(42)38-25)50-32(45)49-19-48-31(44)11-10-30(43)47-18-28(41)36(46)20(2)14-24-23-9-8-21-15-22(39)12-13-33(21,3)35(23,37)27(40)17-34(24,36)4/h5-6,12-13,15,20,23-27,40,46H,7-11,14,16-19H2,1-4H3,(H,38,42)/b6-5+/t20-,23?,24?,25-,26+,27+,33+,34+,35+,36+/m1/s1. The van der Waals surface area contributed by atoms with Crippen molar-refractivity contribution in [2.75, 3.05) is 13.4 Å². The van der Waals surface area contributed by atoms with Crippen LogP contribution in [-0.4, -0.2) is 88.7 Å². The van der Waals surface area contributed by atoms with Crippen LogP contribution in [0.1, 0.15) is 79.1 Å². The third kappa shape index (κ3) is 6.29. The molecule has 1 amide bonds. The molecule has 10 atom stereocenters. The van der Waals surface area contributed by atoms with Gasteiger partial charge in [0.05, 0.1) is 31.4 Å². The number of esters is 2. The summed E-state index contributed by atoms with van der Waals surface area (Å²) in [5.41, 5.74) is -5.98. The molecule has 4 fully saturated rings. The van der Waals surface area contributed by atoms with Gasteiger partial charge in [0.2, 0.25) is 18.5 Å². The molecule has 5 rings (SSSR count). The van der Waals surface area contributed by atoms with Crippen molar-refractivity contribution in [3.63, 3.8) is 0 Å². The average molecular weight is 704 g/mol. The molecule has 5 aliphatic rings. The second-order valence-electron chi connectivity index (χ2n) is 14.6. The lowest BCUT2D eigenvalue weighted by Crippen LogP contribution is -2.69. The van der Waals surface area contributed by atoms with E-state index in [4.69, 9.17) is 18.9 Å². The third-order valence-electron chi connectivity index (χ3n) is 12.0. The Morgan fingerprint density at radius 3 is 2.48 bits per heavy atom. The number of ketones is 2. The summed E-state index contributed by atoms with van der Waals surface area (Å²) in [6, 6.07) is -0.410. The molecule has 0 aromatic carbocycles. The molecular weight excluding hydrogens is 657 g/mol. The number of nitrogens with one attached hydrogen (secondary N) is 1. The maximum atomic E-state index is 17.3. The van der Waals surface area contributed by atoms with E-state index in [0.29, 0.717) is 31.3 Å². The number of allylic oxidation sites excluding steroid dienone is 5. The normalized spacial score (nSPS) is 38.7. The molecule has 0 radical (unpaired) electrons. The number of aliphatic hydroxyl groups excluding tert-OH is 1. The predicted molar refractivity (Wildman–Crippen MR) is 171 cm³/mol.